The standard InChI is InChI=1S/C14H20N2S/c1-3-10-15-14(17)16-11(2)8-9-12-6-4-5-7-13(12)16/h4-7,11H,3,8-10H2,1-2H3,(H,15,17)/t11-/m0/s1. The van der Waals surface area contributed by atoms with E-state index >= 15 is 0 Å². The Labute approximate surface area is 109 Å². The number of nitrogens with one attached hydrogen (secondary N) is 1. The molecule has 0 bridgehead atoms. The van der Waals surface area contributed by atoms with Crippen molar-refractivity contribution in [1.82, 2.24) is 5.32 Å². The van der Waals surface area contributed by atoms with E-state index in [0.29, 0.717) is 6.04 Å². The molecule has 0 aliphatic carbocycles. The van der Waals surface area contributed by atoms with Crippen LogP contribution in [0.2, 0.25) is 0 Å². The first-order valence-corrected chi connectivity index (χ1v) is 6.79. The van der Waals surface area contributed by atoms with Gasteiger partial charge in [-0.05, 0) is 50.0 Å². The number of hydrogen-bond acceptors (Lipinski definition) is 1. The van der Waals surface area contributed by atoms with Crippen molar-refractivity contribution in [3.05, 3.63) is 29.8 Å². The van der Waals surface area contributed by atoms with E-state index in [1.807, 2.05) is 0 Å². The SMILES string of the molecule is CCCNC(=S)N1c2ccccc2CC[C@@H]1C. The molecule has 0 unspecified atom stereocenters. The summed E-state index contributed by atoms with van der Waals surface area (Å²) in [4.78, 5) is 2.27. The zero-order valence-electron chi connectivity index (χ0n) is 10.6. The Kier molecular flexibility index (Phi) is 4.00. The van der Waals surface area contributed by atoms with Crippen molar-refractivity contribution in [3.63, 3.8) is 0 Å². The van der Waals surface area contributed by atoms with Crippen molar-refractivity contribution in [3.8, 4) is 0 Å². The lowest BCUT2D eigenvalue weighted by atomic mass is 9.97. The number of rotatable bonds is 2. The zero-order valence-corrected chi connectivity index (χ0v) is 11.4. The van der Waals surface area contributed by atoms with Gasteiger partial charge in [-0.3, -0.25) is 0 Å². The van der Waals surface area contributed by atoms with Crippen LogP contribution in [0.4, 0.5) is 5.69 Å². The molecular formula is C14H20N2S. The molecule has 0 saturated carbocycles. The summed E-state index contributed by atoms with van der Waals surface area (Å²) in [6, 6.07) is 9.06. The molecule has 17 heavy (non-hydrogen) atoms. The van der Waals surface area contributed by atoms with Crippen LogP contribution in [-0.2, 0) is 6.42 Å². The van der Waals surface area contributed by atoms with Crippen LogP contribution in [-0.4, -0.2) is 17.7 Å². The molecule has 1 aliphatic rings. The van der Waals surface area contributed by atoms with Gasteiger partial charge in [0.25, 0.3) is 0 Å². The number of para-hydroxylation sites is 1. The number of fused-ring (bicyclic) bond motifs is 1. The molecule has 1 N–H and O–H groups in total. The smallest absolute Gasteiger partial charge is 0.173 e. The number of thiocarbonyl (C=S) groups is 1. The average Bonchev–Trinajstić information content (AvgIpc) is 2.35. The molecule has 0 saturated heterocycles. The Morgan fingerprint density at radius 2 is 2.24 bits per heavy atom. The second kappa shape index (κ2) is 5.50. The fraction of sp³-hybridized carbons (Fsp3) is 0.500. The third kappa shape index (κ3) is 2.60. The van der Waals surface area contributed by atoms with Gasteiger partial charge in [-0.25, -0.2) is 0 Å². The third-order valence-electron chi connectivity index (χ3n) is 3.27. The van der Waals surface area contributed by atoms with Gasteiger partial charge in [-0.1, -0.05) is 25.1 Å². The molecule has 1 aromatic rings. The van der Waals surface area contributed by atoms with Gasteiger partial charge in [0, 0.05) is 18.3 Å². The van der Waals surface area contributed by atoms with Gasteiger partial charge >= 0.3 is 0 Å². The van der Waals surface area contributed by atoms with Crippen molar-refractivity contribution >= 4 is 23.0 Å². The summed E-state index contributed by atoms with van der Waals surface area (Å²) in [5, 5.41) is 4.20. The molecule has 2 rings (SSSR count). The Bertz CT molecular complexity index is 403. The maximum atomic E-state index is 5.51. The van der Waals surface area contributed by atoms with Crippen LogP contribution in [0, 0.1) is 0 Å². The van der Waals surface area contributed by atoms with Crippen molar-refractivity contribution in [2.45, 2.75) is 39.2 Å². The quantitative estimate of drug-likeness (QED) is 0.810. The highest BCUT2D eigenvalue weighted by molar-refractivity contribution is 7.80. The summed E-state index contributed by atoms with van der Waals surface area (Å²) in [5.74, 6) is 0. The van der Waals surface area contributed by atoms with Crippen molar-refractivity contribution in [2.75, 3.05) is 11.4 Å². The second-order valence-corrected chi connectivity index (χ2v) is 5.01. The topological polar surface area (TPSA) is 15.3 Å². The lowest BCUT2D eigenvalue weighted by molar-refractivity contribution is 0.622. The maximum absolute atomic E-state index is 5.51. The first-order valence-electron chi connectivity index (χ1n) is 6.39. The van der Waals surface area contributed by atoms with Crippen LogP contribution >= 0.6 is 12.2 Å². The Hall–Kier alpha value is -1.09. The van der Waals surface area contributed by atoms with Crippen LogP contribution in [0.25, 0.3) is 0 Å². The summed E-state index contributed by atoms with van der Waals surface area (Å²) in [6.45, 7) is 5.35. The predicted molar refractivity (Wildman–Crippen MR) is 77.6 cm³/mol. The van der Waals surface area contributed by atoms with Crippen LogP contribution < -0.4 is 10.2 Å². The van der Waals surface area contributed by atoms with Gasteiger partial charge in [0.15, 0.2) is 5.11 Å². The van der Waals surface area contributed by atoms with Gasteiger partial charge in [0.05, 0.1) is 0 Å². The fourth-order valence-corrected chi connectivity index (χ4v) is 2.70. The Balaban J connectivity index is 2.23. The average molecular weight is 248 g/mol. The van der Waals surface area contributed by atoms with Gasteiger partial charge < -0.3 is 10.2 Å². The minimum Gasteiger partial charge on any atom is -0.362 e. The highest BCUT2D eigenvalue weighted by Crippen LogP contribution is 2.30. The normalized spacial score (nSPS) is 18.7. The molecule has 92 valence electrons. The van der Waals surface area contributed by atoms with Crippen molar-refractivity contribution in [1.29, 1.82) is 0 Å². The van der Waals surface area contributed by atoms with E-state index in [4.69, 9.17) is 12.2 Å². The summed E-state index contributed by atoms with van der Waals surface area (Å²) in [5.41, 5.74) is 2.69. The summed E-state index contributed by atoms with van der Waals surface area (Å²) >= 11 is 5.51. The van der Waals surface area contributed by atoms with Crippen molar-refractivity contribution < 1.29 is 0 Å². The zero-order chi connectivity index (χ0) is 12.3. The van der Waals surface area contributed by atoms with Crippen LogP contribution in [0.15, 0.2) is 24.3 Å². The van der Waals surface area contributed by atoms with Gasteiger partial charge in [-0.2, -0.15) is 0 Å². The number of hydrogen-bond donors (Lipinski definition) is 1. The van der Waals surface area contributed by atoms with Crippen molar-refractivity contribution in [2.24, 2.45) is 0 Å². The van der Waals surface area contributed by atoms with E-state index < -0.39 is 0 Å². The summed E-state index contributed by atoms with van der Waals surface area (Å²) < 4.78 is 0. The Morgan fingerprint density at radius 3 is 3.00 bits per heavy atom. The minimum atomic E-state index is 0.488. The highest BCUT2D eigenvalue weighted by atomic mass is 32.1. The lowest BCUT2D eigenvalue weighted by Gasteiger charge is -2.37. The van der Waals surface area contributed by atoms with E-state index in [0.717, 1.165) is 24.5 Å². The van der Waals surface area contributed by atoms with Gasteiger partial charge in [0.2, 0.25) is 0 Å². The van der Waals surface area contributed by atoms with Crippen LogP contribution in [0.1, 0.15) is 32.3 Å². The number of benzene rings is 1. The largest absolute Gasteiger partial charge is 0.362 e. The maximum Gasteiger partial charge on any atom is 0.173 e. The summed E-state index contributed by atoms with van der Waals surface area (Å²) in [6.07, 6.45) is 3.43. The monoisotopic (exact) mass is 248 g/mol. The fourth-order valence-electron chi connectivity index (χ4n) is 2.31. The number of nitrogens with zero attached hydrogens (tertiary/aromatic N) is 1. The molecule has 0 spiro atoms. The van der Waals surface area contributed by atoms with E-state index in [-0.39, 0.29) is 0 Å². The van der Waals surface area contributed by atoms with Gasteiger partial charge in [-0.15, -0.1) is 0 Å². The minimum absolute atomic E-state index is 0.488. The Morgan fingerprint density at radius 1 is 1.47 bits per heavy atom. The number of aryl methyl sites for hydroxylation is 1. The summed E-state index contributed by atoms with van der Waals surface area (Å²) in [7, 11) is 0. The first-order chi connectivity index (χ1) is 8.24. The molecule has 0 amide bonds. The lowest BCUT2D eigenvalue weighted by Crippen LogP contribution is -2.47. The molecule has 0 radical (unpaired) electrons. The first kappa shape index (κ1) is 12.4. The van der Waals surface area contributed by atoms with E-state index in [1.54, 1.807) is 0 Å². The molecule has 2 nitrogen and oxygen atoms in total. The van der Waals surface area contributed by atoms with E-state index in [1.165, 1.54) is 17.7 Å². The molecule has 0 fully saturated rings. The van der Waals surface area contributed by atoms with Crippen LogP contribution in [0.3, 0.4) is 0 Å². The molecule has 1 atom stereocenters. The van der Waals surface area contributed by atoms with Crippen LogP contribution in [0.5, 0.6) is 0 Å². The number of anilines is 1. The molecule has 3 heteroatoms. The molecule has 1 aliphatic heterocycles. The highest BCUT2D eigenvalue weighted by Gasteiger charge is 2.25. The predicted octanol–water partition coefficient (Wildman–Crippen LogP) is 3.11. The third-order valence-corrected chi connectivity index (χ3v) is 3.61. The molecule has 0 aromatic heterocycles. The van der Waals surface area contributed by atoms with Gasteiger partial charge in [0.1, 0.15) is 0 Å². The van der Waals surface area contributed by atoms with E-state index in [2.05, 4.69) is 48.3 Å². The molecule has 1 heterocycles. The second-order valence-electron chi connectivity index (χ2n) is 4.62. The van der Waals surface area contributed by atoms with E-state index in [9.17, 15) is 0 Å². The molecular weight excluding hydrogens is 228 g/mol. The molecule has 1 aromatic carbocycles.